The maximum Gasteiger partial charge on any atom is 0.269 e. The number of aryl methyl sites for hydroxylation is 1. The lowest BCUT2D eigenvalue weighted by atomic mass is 10.1. The van der Waals surface area contributed by atoms with Crippen LogP contribution in [0.1, 0.15) is 22.3 Å². The van der Waals surface area contributed by atoms with Crippen LogP contribution in [0.3, 0.4) is 0 Å². The lowest BCUT2D eigenvalue weighted by Crippen LogP contribution is -2.24. The van der Waals surface area contributed by atoms with Gasteiger partial charge in [0, 0.05) is 24.2 Å². The zero-order valence-corrected chi connectivity index (χ0v) is 12.8. The Morgan fingerprint density at radius 3 is 2.35 bits per heavy atom. The molecule has 0 aliphatic carbocycles. The average molecular weight is 314 g/mol. The van der Waals surface area contributed by atoms with E-state index in [1.807, 2.05) is 24.3 Å². The molecule has 0 saturated carbocycles. The molecule has 120 valence electrons. The van der Waals surface area contributed by atoms with Crippen molar-refractivity contribution in [3.8, 4) is 5.75 Å². The van der Waals surface area contributed by atoms with Crippen LogP contribution in [0.4, 0.5) is 5.69 Å². The molecule has 0 fully saturated rings. The highest BCUT2D eigenvalue weighted by atomic mass is 16.6. The molecular weight excluding hydrogens is 296 g/mol. The number of methoxy groups -OCH3 is 1. The first-order chi connectivity index (χ1) is 11.1. The van der Waals surface area contributed by atoms with Crippen LogP contribution in [0, 0.1) is 10.1 Å². The second-order valence-electron chi connectivity index (χ2n) is 5.01. The van der Waals surface area contributed by atoms with E-state index in [-0.39, 0.29) is 11.6 Å². The number of amides is 1. The summed E-state index contributed by atoms with van der Waals surface area (Å²) in [5.41, 5.74) is 1.57. The summed E-state index contributed by atoms with van der Waals surface area (Å²) in [4.78, 5) is 22.0. The van der Waals surface area contributed by atoms with Gasteiger partial charge in [-0.2, -0.15) is 0 Å². The molecule has 0 spiro atoms. The van der Waals surface area contributed by atoms with Crippen LogP contribution in [0.25, 0.3) is 0 Å². The van der Waals surface area contributed by atoms with E-state index in [9.17, 15) is 14.9 Å². The Morgan fingerprint density at radius 2 is 1.78 bits per heavy atom. The van der Waals surface area contributed by atoms with Gasteiger partial charge in [0.15, 0.2) is 0 Å². The number of benzene rings is 2. The van der Waals surface area contributed by atoms with Crippen LogP contribution in [0.2, 0.25) is 0 Å². The Kier molecular flexibility index (Phi) is 5.68. The Labute approximate surface area is 134 Å². The molecule has 6 nitrogen and oxygen atoms in total. The summed E-state index contributed by atoms with van der Waals surface area (Å²) in [6.45, 7) is 0.544. The molecule has 0 aliphatic heterocycles. The Morgan fingerprint density at radius 1 is 1.13 bits per heavy atom. The summed E-state index contributed by atoms with van der Waals surface area (Å²) in [6, 6.07) is 13.4. The first-order valence-electron chi connectivity index (χ1n) is 7.26. The number of nitrogens with zero attached hydrogens (tertiary/aromatic N) is 1. The molecule has 1 N–H and O–H groups in total. The predicted octanol–water partition coefficient (Wildman–Crippen LogP) is 2.97. The number of ether oxygens (including phenoxy) is 1. The van der Waals surface area contributed by atoms with E-state index in [0.717, 1.165) is 18.6 Å². The fourth-order valence-corrected chi connectivity index (χ4v) is 2.12. The fraction of sp³-hybridized carbons (Fsp3) is 0.235. The van der Waals surface area contributed by atoms with Gasteiger partial charge in [-0.1, -0.05) is 12.1 Å². The molecule has 1 amide bonds. The summed E-state index contributed by atoms with van der Waals surface area (Å²) in [5, 5.41) is 13.4. The average Bonchev–Trinajstić information content (AvgIpc) is 2.59. The number of nitro benzene ring substituents is 1. The van der Waals surface area contributed by atoms with Crippen LogP contribution in [0.15, 0.2) is 48.5 Å². The van der Waals surface area contributed by atoms with Crippen LogP contribution in [-0.4, -0.2) is 24.5 Å². The molecule has 2 aromatic rings. The van der Waals surface area contributed by atoms with E-state index >= 15 is 0 Å². The monoisotopic (exact) mass is 314 g/mol. The Balaban J connectivity index is 1.76. The number of hydrogen-bond acceptors (Lipinski definition) is 4. The van der Waals surface area contributed by atoms with Crippen molar-refractivity contribution in [3.63, 3.8) is 0 Å². The van der Waals surface area contributed by atoms with Gasteiger partial charge in [0.05, 0.1) is 12.0 Å². The minimum Gasteiger partial charge on any atom is -0.497 e. The third kappa shape index (κ3) is 4.81. The van der Waals surface area contributed by atoms with E-state index in [1.54, 1.807) is 7.11 Å². The van der Waals surface area contributed by atoms with Gasteiger partial charge in [-0.25, -0.2) is 0 Å². The van der Waals surface area contributed by atoms with Crippen molar-refractivity contribution in [2.45, 2.75) is 12.8 Å². The topological polar surface area (TPSA) is 81.5 Å². The molecular formula is C17H18N2O4. The Bertz CT molecular complexity index is 666. The maximum atomic E-state index is 11.9. The molecule has 23 heavy (non-hydrogen) atoms. The molecule has 0 radical (unpaired) electrons. The zero-order valence-electron chi connectivity index (χ0n) is 12.8. The predicted molar refractivity (Wildman–Crippen MR) is 86.7 cm³/mol. The number of hydrogen-bond donors (Lipinski definition) is 1. The molecule has 2 rings (SSSR count). The van der Waals surface area contributed by atoms with Gasteiger partial charge in [0.1, 0.15) is 5.75 Å². The number of carbonyl (C=O) groups is 1. The first-order valence-corrected chi connectivity index (χ1v) is 7.26. The number of nitrogens with one attached hydrogen (secondary N) is 1. The van der Waals surface area contributed by atoms with Crippen molar-refractivity contribution < 1.29 is 14.5 Å². The quantitative estimate of drug-likeness (QED) is 0.484. The third-order valence-corrected chi connectivity index (χ3v) is 3.43. The van der Waals surface area contributed by atoms with E-state index in [2.05, 4.69) is 5.32 Å². The van der Waals surface area contributed by atoms with E-state index in [1.165, 1.54) is 29.8 Å². The largest absolute Gasteiger partial charge is 0.497 e. The van der Waals surface area contributed by atoms with Crippen molar-refractivity contribution in [1.82, 2.24) is 5.32 Å². The molecule has 0 bridgehead atoms. The van der Waals surface area contributed by atoms with Gasteiger partial charge in [-0.05, 0) is 42.7 Å². The minimum atomic E-state index is -0.490. The fourth-order valence-electron chi connectivity index (χ4n) is 2.12. The van der Waals surface area contributed by atoms with Gasteiger partial charge in [-0.3, -0.25) is 14.9 Å². The molecule has 0 atom stereocenters. The molecule has 0 unspecified atom stereocenters. The maximum absolute atomic E-state index is 11.9. The van der Waals surface area contributed by atoms with Crippen LogP contribution in [0.5, 0.6) is 5.75 Å². The summed E-state index contributed by atoms with van der Waals surface area (Å²) >= 11 is 0. The van der Waals surface area contributed by atoms with Gasteiger partial charge in [-0.15, -0.1) is 0 Å². The van der Waals surface area contributed by atoms with E-state index in [0.29, 0.717) is 12.1 Å². The number of rotatable bonds is 7. The van der Waals surface area contributed by atoms with Gasteiger partial charge < -0.3 is 10.1 Å². The highest BCUT2D eigenvalue weighted by Crippen LogP contribution is 2.13. The normalized spacial score (nSPS) is 10.1. The van der Waals surface area contributed by atoms with Gasteiger partial charge in [0.25, 0.3) is 11.6 Å². The molecule has 0 saturated heterocycles. The second-order valence-corrected chi connectivity index (χ2v) is 5.01. The number of carbonyl (C=O) groups excluding carboxylic acids is 1. The SMILES string of the molecule is COc1ccc(CCCNC(=O)c2ccc([N+](=O)[O-])cc2)cc1. The van der Waals surface area contributed by atoms with Crippen molar-refractivity contribution in [2.24, 2.45) is 0 Å². The van der Waals surface area contributed by atoms with Crippen molar-refractivity contribution >= 4 is 11.6 Å². The van der Waals surface area contributed by atoms with Gasteiger partial charge >= 0.3 is 0 Å². The summed E-state index contributed by atoms with van der Waals surface area (Å²) < 4.78 is 5.10. The highest BCUT2D eigenvalue weighted by molar-refractivity contribution is 5.94. The summed E-state index contributed by atoms with van der Waals surface area (Å²) in [5.74, 6) is 0.592. The molecule has 0 aliphatic rings. The van der Waals surface area contributed by atoms with E-state index in [4.69, 9.17) is 4.74 Å². The molecule has 0 aromatic heterocycles. The van der Waals surface area contributed by atoms with Crippen LogP contribution in [-0.2, 0) is 6.42 Å². The standard InChI is InChI=1S/C17H18N2O4/c1-23-16-10-4-13(5-11-16)3-2-12-18-17(20)14-6-8-15(9-7-14)19(21)22/h4-11H,2-3,12H2,1H3,(H,18,20). The van der Waals surface area contributed by atoms with Crippen molar-refractivity contribution in [1.29, 1.82) is 0 Å². The zero-order chi connectivity index (χ0) is 16.7. The summed E-state index contributed by atoms with van der Waals surface area (Å²) in [7, 11) is 1.63. The third-order valence-electron chi connectivity index (χ3n) is 3.43. The number of non-ortho nitro benzene ring substituents is 1. The van der Waals surface area contributed by atoms with Crippen molar-refractivity contribution in [2.75, 3.05) is 13.7 Å². The molecule has 2 aromatic carbocycles. The molecule has 6 heteroatoms. The van der Waals surface area contributed by atoms with Crippen LogP contribution < -0.4 is 10.1 Å². The first kappa shape index (κ1) is 16.5. The van der Waals surface area contributed by atoms with Crippen LogP contribution >= 0.6 is 0 Å². The lowest BCUT2D eigenvalue weighted by molar-refractivity contribution is -0.384. The second kappa shape index (κ2) is 7.93. The Hall–Kier alpha value is -2.89. The smallest absolute Gasteiger partial charge is 0.269 e. The lowest BCUT2D eigenvalue weighted by Gasteiger charge is -2.06. The highest BCUT2D eigenvalue weighted by Gasteiger charge is 2.08. The van der Waals surface area contributed by atoms with Crippen molar-refractivity contribution in [3.05, 3.63) is 69.8 Å². The summed E-state index contributed by atoms with van der Waals surface area (Å²) in [6.07, 6.45) is 1.66. The minimum absolute atomic E-state index is 0.0268. The van der Waals surface area contributed by atoms with Gasteiger partial charge in [0.2, 0.25) is 0 Å². The molecule has 0 heterocycles. The number of nitro groups is 1. The van der Waals surface area contributed by atoms with E-state index < -0.39 is 4.92 Å².